The SMILES string of the molecule is Cc1ccc(S(=O)(=O)N[C@@H]2[C@H]3CC[C@@](C)([C@@H]2NC(=O)c2ccccn2)C3(C)C)cc1. The van der Waals surface area contributed by atoms with Crippen molar-refractivity contribution in [3.8, 4) is 0 Å². The predicted molar refractivity (Wildman–Crippen MR) is 115 cm³/mol. The Morgan fingerprint density at radius 2 is 1.80 bits per heavy atom. The van der Waals surface area contributed by atoms with Gasteiger partial charge in [-0.2, -0.15) is 0 Å². The first-order chi connectivity index (χ1) is 14.1. The molecule has 2 fully saturated rings. The number of nitrogens with one attached hydrogen (secondary N) is 2. The summed E-state index contributed by atoms with van der Waals surface area (Å²) in [6.07, 6.45) is 3.46. The van der Waals surface area contributed by atoms with Crippen LogP contribution >= 0.6 is 0 Å². The summed E-state index contributed by atoms with van der Waals surface area (Å²) in [6.45, 7) is 8.46. The molecular weight excluding hydrogens is 398 g/mol. The van der Waals surface area contributed by atoms with E-state index in [-0.39, 0.29) is 39.6 Å². The number of aryl methyl sites for hydroxylation is 1. The van der Waals surface area contributed by atoms with Crippen molar-refractivity contribution in [1.82, 2.24) is 15.0 Å². The molecule has 1 aromatic carbocycles. The fourth-order valence-electron chi connectivity index (χ4n) is 5.45. The molecule has 2 saturated carbocycles. The first-order valence-corrected chi connectivity index (χ1v) is 11.9. The molecule has 1 heterocycles. The van der Waals surface area contributed by atoms with Gasteiger partial charge in [0, 0.05) is 12.2 Å². The molecule has 6 nitrogen and oxygen atoms in total. The van der Waals surface area contributed by atoms with Crippen LogP contribution in [-0.4, -0.2) is 31.4 Å². The first kappa shape index (κ1) is 21.0. The van der Waals surface area contributed by atoms with Crippen LogP contribution in [0.2, 0.25) is 0 Å². The number of benzene rings is 1. The van der Waals surface area contributed by atoms with Crippen LogP contribution in [0.25, 0.3) is 0 Å². The smallest absolute Gasteiger partial charge is 0.270 e. The van der Waals surface area contributed by atoms with Crippen LogP contribution in [0.3, 0.4) is 0 Å². The normalized spacial score (nSPS) is 29.7. The standard InChI is InChI=1S/C23H29N3O3S/c1-15-8-10-16(11-9-15)30(28,29)26-19-17-12-13-23(4,22(17,2)3)20(19)25-21(27)18-7-5-6-14-24-18/h5-11,14,17,19-20,26H,12-13H2,1-4H3,(H,25,27)/t17-,19-,20-,23+/m1/s1. The summed E-state index contributed by atoms with van der Waals surface area (Å²) < 4.78 is 29.3. The van der Waals surface area contributed by atoms with E-state index in [1.807, 2.05) is 6.92 Å². The Balaban J connectivity index is 1.66. The number of sulfonamides is 1. The van der Waals surface area contributed by atoms with Gasteiger partial charge in [-0.05, 0) is 60.8 Å². The molecule has 1 aromatic heterocycles. The Morgan fingerprint density at radius 3 is 2.43 bits per heavy atom. The van der Waals surface area contributed by atoms with Gasteiger partial charge in [-0.1, -0.05) is 44.5 Å². The van der Waals surface area contributed by atoms with E-state index < -0.39 is 10.0 Å². The largest absolute Gasteiger partial charge is 0.346 e. The maximum Gasteiger partial charge on any atom is 0.270 e. The lowest BCUT2D eigenvalue weighted by Gasteiger charge is -2.40. The number of carbonyl (C=O) groups excluding carboxylic acids is 1. The molecular formula is C23H29N3O3S. The van der Waals surface area contributed by atoms with Gasteiger partial charge in [0.1, 0.15) is 5.69 Å². The number of nitrogens with zero attached hydrogens (tertiary/aromatic N) is 1. The summed E-state index contributed by atoms with van der Waals surface area (Å²) in [5, 5.41) is 3.13. The lowest BCUT2D eigenvalue weighted by molar-refractivity contribution is 0.0809. The number of hydrogen-bond donors (Lipinski definition) is 2. The van der Waals surface area contributed by atoms with Crippen LogP contribution in [0.15, 0.2) is 53.6 Å². The molecule has 160 valence electrons. The number of hydrogen-bond acceptors (Lipinski definition) is 4. The van der Waals surface area contributed by atoms with Crippen molar-refractivity contribution in [2.75, 3.05) is 0 Å². The zero-order valence-electron chi connectivity index (χ0n) is 17.8. The molecule has 30 heavy (non-hydrogen) atoms. The summed E-state index contributed by atoms with van der Waals surface area (Å²) >= 11 is 0. The summed E-state index contributed by atoms with van der Waals surface area (Å²) in [5.74, 6) is -0.138. The summed E-state index contributed by atoms with van der Waals surface area (Å²) in [7, 11) is -3.71. The minimum absolute atomic E-state index is 0.116. The van der Waals surface area contributed by atoms with E-state index in [1.165, 1.54) is 0 Å². The van der Waals surface area contributed by atoms with Gasteiger partial charge in [-0.25, -0.2) is 13.1 Å². The van der Waals surface area contributed by atoms with Crippen LogP contribution in [0.5, 0.6) is 0 Å². The zero-order chi connectivity index (χ0) is 21.7. The fourth-order valence-corrected chi connectivity index (χ4v) is 6.74. The van der Waals surface area contributed by atoms with E-state index in [1.54, 1.807) is 48.7 Å². The van der Waals surface area contributed by atoms with Crippen molar-refractivity contribution in [2.45, 2.75) is 57.5 Å². The highest BCUT2D eigenvalue weighted by molar-refractivity contribution is 7.89. The van der Waals surface area contributed by atoms with Gasteiger partial charge in [0.05, 0.1) is 10.9 Å². The summed E-state index contributed by atoms with van der Waals surface area (Å²) in [6, 6.07) is 11.3. The van der Waals surface area contributed by atoms with E-state index in [0.717, 1.165) is 18.4 Å². The monoisotopic (exact) mass is 427 g/mol. The molecule has 2 aliphatic carbocycles. The average molecular weight is 428 g/mol. The summed E-state index contributed by atoms with van der Waals surface area (Å²) in [5.41, 5.74) is 1.00. The highest BCUT2D eigenvalue weighted by Gasteiger charge is 2.67. The van der Waals surface area contributed by atoms with Gasteiger partial charge < -0.3 is 5.32 Å². The topological polar surface area (TPSA) is 88.2 Å². The van der Waals surface area contributed by atoms with Crippen LogP contribution in [0.4, 0.5) is 0 Å². The van der Waals surface area contributed by atoms with Crippen molar-refractivity contribution in [1.29, 1.82) is 0 Å². The Labute approximate surface area is 178 Å². The second-order valence-electron chi connectivity index (χ2n) is 9.41. The van der Waals surface area contributed by atoms with Crippen molar-refractivity contribution < 1.29 is 13.2 Å². The molecule has 0 saturated heterocycles. The van der Waals surface area contributed by atoms with Gasteiger partial charge in [0.25, 0.3) is 5.91 Å². The Hall–Kier alpha value is -2.25. The van der Waals surface area contributed by atoms with Gasteiger partial charge in [-0.15, -0.1) is 0 Å². The van der Waals surface area contributed by atoms with Gasteiger partial charge >= 0.3 is 0 Å². The number of fused-ring (bicyclic) bond motifs is 2. The Morgan fingerprint density at radius 1 is 1.10 bits per heavy atom. The minimum Gasteiger partial charge on any atom is -0.346 e. The van der Waals surface area contributed by atoms with E-state index >= 15 is 0 Å². The van der Waals surface area contributed by atoms with Crippen molar-refractivity contribution >= 4 is 15.9 Å². The average Bonchev–Trinajstić information content (AvgIpc) is 3.02. The number of rotatable bonds is 5. The molecule has 0 unspecified atom stereocenters. The third-order valence-electron chi connectivity index (χ3n) is 7.66. The molecule has 2 aliphatic rings. The fraction of sp³-hybridized carbons (Fsp3) is 0.478. The minimum atomic E-state index is -3.71. The number of amides is 1. The quantitative estimate of drug-likeness (QED) is 0.766. The maximum atomic E-state index is 13.2. The molecule has 0 spiro atoms. The molecule has 7 heteroatoms. The summed E-state index contributed by atoms with van der Waals surface area (Å²) in [4.78, 5) is 17.3. The van der Waals surface area contributed by atoms with E-state index in [4.69, 9.17) is 0 Å². The molecule has 4 atom stereocenters. The second-order valence-corrected chi connectivity index (χ2v) is 11.1. The highest BCUT2D eigenvalue weighted by Crippen LogP contribution is 2.65. The lowest BCUT2D eigenvalue weighted by atomic mass is 9.69. The molecule has 0 aliphatic heterocycles. The van der Waals surface area contributed by atoms with Crippen LogP contribution < -0.4 is 10.0 Å². The van der Waals surface area contributed by atoms with Crippen LogP contribution in [0, 0.1) is 23.7 Å². The third kappa shape index (κ3) is 3.24. The number of carbonyl (C=O) groups is 1. The van der Waals surface area contributed by atoms with E-state index in [9.17, 15) is 13.2 Å². The Bertz CT molecular complexity index is 1050. The molecule has 2 N–H and O–H groups in total. The third-order valence-corrected chi connectivity index (χ3v) is 9.13. The predicted octanol–water partition coefficient (Wildman–Crippen LogP) is 3.29. The van der Waals surface area contributed by atoms with E-state index in [0.29, 0.717) is 5.69 Å². The van der Waals surface area contributed by atoms with Crippen molar-refractivity contribution in [3.63, 3.8) is 0 Å². The van der Waals surface area contributed by atoms with Gasteiger partial charge in [0.15, 0.2) is 0 Å². The van der Waals surface area contributed by atoms with E-state index in [2.05, 4.69) is 35.8 Å². The van der Waals surface area contributed by atoms with Gasteiger partial charge in [0.2, 0.25) is 10.0 Å². The van der Waals surface area contributed by atoms with Crippen molar-refractivity contribution in [2.24, 2.45) is 16.7 Å². The molecule has 4 rings (SSSR count). The zero-order valence-corrected chi connectivity index (χ0v) is 18.7. The number of pyridine rings is 1. The molecule has 2 aromatic rings. The van der Waals surface area contributed by atoms with Crippen LogP contribution in [-0.2, 0) is 10.0 Å². The molecule has 0 radical (unpaired) electrons. The molecule has 2 bridgehead atoms. The highest BCUT2D eigenvalue weighted by atomic mass is 32.2. The second kappa shape index (κ2) is 7.17. The van der Waals surface area contributed by atoms with Gasteiger partial charge in [-0.3, -0.25) is 9.78 Å². The van der Waals surface area contributed by atoms with Crippen molar-refractivity contribution in [3.05, 3.63) is 59.9 Å². The maximum absolute atomic E-state index is 13.2. The first-order valence-electron chi connectivity index (χ1n) is 10.4. The number of aromatic nitrogens is 1. The Kier molecular flexibility index (Phi) is 5.02. The molecule has 1 amide bonds. The van der Waals surface area contributed by atoms with Crippen LogP contribution in [0.1, 0.15) is 49.7 Å². The lowest BCUT2D eigenvalue weighted by Crippen LogP contribution is -2.57.